The molecule has 1 atom stereocenters. The van der Waals surface area contributed by atoms with Crippen molar-refractivity contribution in [3.05, 3.63) is 77.9 Å². The second-order valence-electron chi connectivity index (χ2n) is 5.72. The highest BCUT2D eigenvalue weighted by Crippen LogP contribution is 2.36. The van der Waals surface area contributed by atoms with E-state index in [1.54, 1.807) is 6.07 Å². The lowest BCUT2D eigenvalue weighted by molar-refractivity contribution is 0.466. The molecule has 108 valence electrons. The number of hydrogen-bond acceptors (Lipinski definition) is 1. The highest BCUT2D eigenvalue weighted by molar-refractivity contribution is 6.08. The van der Waals surface area contributed by atoms with Crippen molar-refractivity contribution in [3.8, 4) is 5.75 Å². The number of phenols is 1. The van der Waals surface area contributed by atoms with E-state index in [1.807, 2.05) is 24.3 Å². The van der Waals surface area contributed by atoms with E-state index < -0.39 is 0 Å². The number of para-hydroxylation sites is 3. The molecule has 0 radical (unpaired) electrons. The molecule has 1 aromatic heterocycles. The Morgan fingerprint density at radius 2 is 1.45 bits per heavy atom. The van der Waals surface area contributed by atoms with Gasteiger partial charge in [0.15, 0.2) is 0 Å². The first-order valence-electron chi connectivity index (χ1n) is 7.53. The van der Waals surface area contributed by atoms with Gasteiger partial charge < -0.3 is 10.1 Å². The Bertz CT molecular complexity index is 968. The largest absolute Gasteiger partial charge is 0.508 e. The Kier molecular flexibility index (Phi) is 2.90. The van der Waals surface area contributed by atoms with E-state index in [1.165, 1.54) is 16.3 Å². The molecular weight excluding hydrogens is 270 g/mol. The number of H-pyrrole nitrogens is 1. The van der Waals surface area contributed by atoms with E-state index >= 15 is 0 Å². The third-order valence-electron chi connectivity index (χ3n) is 4.44. The Morgan fingerprint density at radius 1 is 0.773 bits per heavy atom. The molecule has 1 heterocycles. The van der Waals surface area contributed by atoms with Gasteiger partial charge in [0.2, 0.25) is 0 Å². The van der Waals surface area contributed by atoms with Crippen LogP contribution in [0, 0.1) is 0 Å². The van der Waals surface area contributed by atoms with Crippen molar-refractivity contribution in [1.82, 2.24) is 4.98 Å². The molecule has 0 aliphatic heterocycles. The van der Waals surface area contributed by atoms with Crippen LogP contribution in [0.5, 0.6) is 5.75 Å². The molecule has 0 bridgehead atoms. The van der Waals surface area contributed by atoms with E-state index in [2.05, 4.69) is 48.3 Å². The normalized spacial score (nSPS) is 12.8. The Balaban J connectivity index is 1.97. The molecule has 2 nitrogen and oxygen atoms in total. The molecule has 0 aliphatic carbocycles. The van der Waals surface area contributed by atoms with Crippen LogP contribution in [-0.2, 0) is 0 Å². The van der Waals surface area contributed by atoms with Gasteiger partial charge in [-0.05, 0) is 17.7 Å². The predicted octanol–water partition coefficient (Wildman–Crippen LogP) is 5.18. The number of nitrogens with one attached hydrogen (secondary N) is 1. The molecule has 2 heteroatoms. The average molecular weight is 287 g/mol. The highest BCUT2D eigenvalue weighted by atomic mass is 16.3. The van der Waals surface area contributed by atoms with Gasteiger partial charge in [-0.15, -0.1) is 0 Å². The second-order valence-corrected chi connectivity index (χ2v) is 5.72. The summed E-state index contributed by atoms with van der Waals surface area (Å²) in [5.41, 5.74) is 4.46. The zero-order valence-corrected chi connectivity index (χ0v) is 12.4. The quantitative estimate of drug-likeness (QED) is 0.523. The first-order chi connectivity index (χ1) is 10.8. The Labute approximate surface area is 129 Å². The Morgan fingerprint density at radius 3 is 2.32 bits per heavy atom. The maximum atomic E-state index is 10.1. The fourth-order valence-corrected chi connectivity index (χ4v) is 3.28. The Hall–Kier alpha value is -2.74. The molecule has 22 heavy (non-hydrogen) atoms. The van der Waals surface area contributed by atoms with Gasteiger partial charge in [0.25, 0.3) is 0 Å². The minimum absolute atomic E-state index is 0.123. The van der Waals surface area contributed by atoms with Crippen LogP contribution in [0.4, 0.5) is 0 Å². The lowest BCUT2D eigenvalue weighted by Gasteiger charge is -2.15. The van der Waals surface area contributed by atoms with Crippen LogP contribution in [0.1, 0.15) is 24.0 Å². The summed E-state index contributed by atoms with van der Waals surface area (Å²) in [6.07, 6.45) is 0. The van der Waals surface area contributed by atoms with Crippen molar-refractivity contribution in [2.75, 3.05) is 0 Å². The number of aromatic nitrogens is 1. The van der Waals surface area contributed by atoms with E-state index in [9.17, 15) is 5.11 Å². The zero-order chi connectivity index (χ0) is 15.1. The van der Waals surface area contributed by atoms with Crippen molar-refractivity contribution in [2.45, 2.75) is 12.8 Å². The number of benzene rings is 3. The summed E-state index contributed by atoms with van der Waals surface area (Å²) in [5, 5.41) is 12.6. The van der Waals surface area contributed by atoms with E-state index in [-0.39, 0.29) is 5.92 Å². The number of fused-ring (bicyclic) bond motifs is 3. The molecule has 0 saturated heterocycles. The minimum atomic E-state index is 0.123. The number of phenolic OH excluding ortho intramolecular Hbond substituents is 1. The third-order valence-corrected chi connectivity index (χ3v) is 4.44. The van der Waals surface area contributed by atoms with E-state index in [0.717, 1.165) is 16.6 Å². The molecule has 0 fully saturated rings. The predicted molar refractivity (Wildman–Crippen MR) is 91.4 cm³/mol. The summed E-state index contributed by atoms with van der Waals surface area (Å²) < 4.78 is 0. The third kappa shape index (κ3) is 1.88. The number of aromatic hydroxyl groups is 1. The molecule has 0 amide bonds. The van der Waals surface area contributed by atoms with Gasteiger partial charge in [-0.1, -0.05) is 61.5 Å². The average Bonchev–Trinajstić information content (AvgIpc) is 2.93. The summed E-state index contributed by atoms with van der Waals surface area (Å²) >= 11 is 0. The molecule has 4 rings (SSSR count). The van der Waals surface area contributed by atoms with Crippen LogP contribution >= 0.6 is 0 Å². The smallest absolute Gasteiger partial charge is 0.119 e. The van der Waals surface area contributed by atoms with Gasteiger partial charge in [0.05, 0.1) is 5.52 Å². The number of aromatic amines is 1. The van der Waals surface area contributed by atoms with Crippen LogP contribution in [0.25, 0.3) is 21.8 Å². The first-order valence-corrected chi connectivity index (χ1v) is 7.53. The maximum absolute atomic E-state index is 10.1. The molecule has 0 saturated carbocycles. The summed E-state index contributed by atoms with van der Waals surface area (Å²) in [5.74, 6) is 0.473. The van der Waals surface area contributed by atoms with Gasteiger partial charge >= 0.3 is 0 Å². The van der Waals surface area contributed by atoms with Crippen molar-refractivity contribution in [3.63, 3.8) is 0 Å². The van der Waals surface area contributed by atoms with Crippen molar-refractivity contribution in [2.24, 2.45) is 0 Å². The second kappa shape index (κ2) is 4.92. The monoisotopic (exact) mass is 287 g/mol. The minimum Gasteiger partial charge on any atom is -0.508 e. The van der Waals surface area contributed by atoms with Crippen LogP contribution < -0.4 is 0 Å². The molecular formula is C20H17NO. The lowest BCUT2D eigenvalue weighted by atomic mass is 9.91. The molecule has 0 spiro atoms. The molecule has 0 aliphatic rings. The molecule has 1 unspecified atom stereocenters. The van der Waals surface area contributed by atoms with Gasteiger partial charge in [-0.2, -0.15) is 0 Å². The van der Waals surface area contributed by atoms with Crippen molar-refractivity contribution < 1.29 is 5.11 Å². The summed E-state index contributed by atoms with van der Waals surface area (Å²) in [7, 11) is 0. The summed E-state index contributed by atoms with van der Waals surface area (Å²) in [4.78, 5) is 3.54. The van der Waals surface area contributed by atoms with Gasteiger partial charge in [0, 0.05) is 27.8 Å². The summed E-state index contributed by atoms with van der Waals surface area (Å²) in [6.45, 7) is 2.13. The number of rotatable bonds is 2. The van der Waals surface area contributed by atoms with E-state index in [0.29, 0.717) is 5.75 Å². The van der Waals surface area contributed by atoms with Crippen molar-refractivity contribution in [1.29, 1.82) is 0 Å². The van der Waals surface area contributed by atoms with Gasteiger partial charge in [-0.25, -0.2) is 0 Å². The van der Waals surface area contributed by atoms with Gasteiger partial charge in [-0.3, -0.25) is 0 Å². The molecule has 2 N–H and O–H groups in total. The number of hydrogen-bond donors (Lipinski definition) is 2. The molecule has 3 aromatic carbocycles. The first kappa shape index (κ1) is 13.0. The highest BCUT2D eigenvalue weighted by Gasteiger charge is 2.16. The zero-order valence-electron chi connectivity index (χ0n) is 12.4. The van der Waals surface area contributed by atoms with Crippen LogP contribution in [0.15, 0.2) is 66.7 Å². The molecule has 4 aromatic rings. The van der Waals surface area contributed by atoms with Gasteiger partial charge in [0.1, 0.15) is 5.75 Å². The van der Waals surface area contributed by atoms with Crippen LogP contribution in [0.3, 0.4) is 0 Å². The van der Waals surface area contributed by atoms with Crippen molar-refractivity contribution >= 4 is 21.8 Å². The van der Waals surface area contributed by atoms with E-state index in [4.69, 9.17) is 0 Å². The fourth-order valence-electron chi connectivity index (χ4n) is 3.28. The SMILES string of the molecule is CC(c1ccccc1O)c1cccc2c1[nH]c1ccccc12. The lowest BCUT2D eigenvalue weighted by Crippen LogP contribution is -1.97. The van der Waals surface area contributed by atoms with Crippen LogP contribution in [-0.4, -0.2) is 10.1 Å². The fraction of sp³-hybridized carbons (Fsp3) is 0.100. The van der Waals surface area contributed by atoms with Crippen LogP contribution in [0.2, 0.25) is 0 Å². The standard InChI is InChI=1S/C20H17NO/c1-13(14-7-3-5-12-19(14)22)15-9-6-10-17-16-8-2-4-11-18(16)21-20(15)17/h2-13,21-22H,1H3. The topological polar surface area (TPSA) is 36.0 Å². The summed E-state index contributed by atoms with van der Waals surface area (Å²) in [6, 6.07) is 22.3. The maximum Gasteiger partial charge on any atom is 0.119 e.